The summed E-state index contributed by atoms with van der Waals surface area (Å²) < 4.78 is 0. The van der Waals surface area contributed by atoms with E-state index in [-0.39, 0.29) is 18.4 Å². The van der Waals surface area contributed by atoms with Gasteiger partial charge in [0.05, 0.1) is 6.54 Å². The average molecular weight is 331 g/mol. The van der Waals surface area contributed by atoms with Crippen LogP contribution in [-0.2, 0) is 4.79 Å². The normalized spacial score (nSPS) is 10.3. The lowest BCUT2D eigenvalue weighted by molar-refractivity contribution is -0.115. The summed E-state index contributed by atoms with van der Waals surface area (Å²) in [5.74, 6) is -0.577. The molecule has 0 radical (unpaired) electrons. The van der Waals surface area contributed by atoms with Crippen molar-refractivity contribution in [3.05, 3.63) is 63.7 Å². The van der Waals surface area contributed by atoms with Crippen LogP contribution < -0.4 is 10.6 Å². The van der Waals surface area contributed by atoms with Crippen LogP contribution in [0.2, 0.25) is 5.02 Å². The van der Waals surface area contributed by atoms with Crippen molar-refractivity contribution in [2.24, 2.45) is 0 Å². The first-order valence-electron chi connectivity index (χ1n) is 7.28. The Kier molecular flexibility index (Phi) is 5.40. The molecule has 0 saturated carbocycles. The van der Waals surface area contributed by atoms with Crippen LogP contribution in [-0.4, -0.2) is 18.4 Å². The van der Waals surface area contributed by atoms with Crippen LogP contribution in [0.1, 0.15) is 27.0 Å². The molecule has 0 saturated heterocycles. The molecule has 0 aliphatic rings. The molecule has 0 spiro atoms. The van der Waals surface area contributed by atoms with E-state index in [1.54, 1.807) is 18.2 Å². The van der Waals surface area contributed by atoms with Crippen molar-refractivity contribution in [1.29, 1.82) is 0 Å². The lowest BCUT2D eigenvalue weighted by atomic mass is 10.1. The second-order valence-electron chi connectivity index (χ2n) is 5.49. The van der Waals surface area contributed by atoms with E-state index >= 15 is 0 Å². The van der Waals surface area contributed by atoms with Crippen molar-refractivity contribution in [3.63, 3.8) is 0 Å². The maximum atomic E-state index is 12.1. The van der Waals surface area contributed by atoms with Gasteiger partial charge in [-0.15, -0.1) is 0 Å². The van der Waals surface area contributed by atoms with Crippen LogP contribution in [0.25, 0.3) is 0 Å². The average Bonchev–Trinajstić information content (AvgIpc) is 2.51. The summed E-state index contributed by atoms with van der Waals surface area (Å²) >= 11 is 6.01. The minimum absolute atomic E-state index is 0.0999. The van der Waals surface area contributed by atoms with Crippen LogP contribution in [0.3, 0.4) is 0 Å². The molecule has 0 aliphatic heterocycles. The summed E-state index contributed by atoms with van der Waals surface area (Å²) in [7, 11) is 0. The predicted octanol–water partition coefficient (Wildman–Crippen LogP) is 3.63. The monoisotopic (exact) mass is 330 g/mol. The maximum Gasteiger partial charge on any atom is 0.251 e. The van der Waals surface area contributed by atoms with E-state index in [1.165, 1.54) is 0 Å². The summed E-state index contributed by atoms with van der Waals surface area (Å²) in [5, 5.41) is 5.89. The van der Waals surface area contributed by atoms with Gasteiger partial charge in [-0.3, -0.25) is 9.59 Å². The number of benzene rings is 2. The Bertz CT molecular complexity index is 757. The van der Waals surface area contributed by atoms with E-state index in [0.29, 0.717) is 16.3 Å². The first-order chi connectivity index (χ1) is 10.9. The summed E-state index contributed by atoms with van der Waals surface area (Å²) in [5.41, 5.74) is 4.24. The van der Waals surface area contributed by atoms with Gasteiger partial charge in [0, 0.05) is 16.3 Å². The highest BCUT2D eigenvalue weighted by Gasteiger charge is 2.09. The maximum absolute atomic E-state index is 12.1. The number of carbonyl (C=O) groups is 2. The number of halogens is 1. The second kappa shape index (κ2) is 7.29. The number of amides is 2. The zero-order valence-corrected chi connectivity index (χ0v) is 14.1. The third kappa shape index (κ3) is 4.57. The molecule has 120 valence electrons. The number of hydrogen-bond acceptors (Lipinski definition) is 2. The van der Waals surface area contributed by atoms with E-state index in [9.17, 15) is 9.59 Å². The Hall–Kier alpha value is -2.33. The first kappa shape index (κ1) is 17.0. The molecule has 0 heterocycles. The second-order valence-corrected chi connectivity index (χ2v) is 5.90. The summed E-state index contributed by atoms with van der Waals surface area (Å²) in [4.78, 5) is 23.9. The highest BCUT2D eigenvalue weighted by atomic mass is 35.5. The fourth-order valence-corrected chi connectivity index (χ4v) is 2.20. The Morgan fingerprint density at radius 2 is 1.65 bits per heavy atom. The van der Waals surface area contributed by atoms with E-state index in [1.807, 2.05) is 39.0 Å². The topological polar surface area (TPSA) is 58.2 Å². The smallest absolute Gasteiger partial charge is 0.251 e. The summed E-state index contributed by atoms with van der Waals surface area (Å²) in [6.07, 6.45) is 0. The van der Waals surface area contributed by atoms with E-state index < -0.39 is 0 Å². The highest BCUT2D eigenvalue weighted by Crippen LogP contribution is 2.19. The van der Waals surface area contributed by atoms with Crippen molar-refractivity contribution < 1.29 is 9.59 Å². The standard InChI is InChI=1S/C18H19ClN2O2/c1-11-4-6-14(8-13(11)3)18(23)20-10-17(22)21-15-7-5-12(2)16(19)9-15/h4-9H,10H2,1-3H3,(H,20,23)(H,21,22). The molecule has 2 aromatic rings. The molecular formula is C18H19ClN2O2. The lowest BCUT2D eigenvalue weighted by Crippen LogP contribution is -2.32. The molecule has 2 rings (SSSR count). The van der Waals surface area contributed by atoms with Crippen molar-refractivity contribution in [2.75, 3.05) is 11.9 Å². The predicted molar refractivity (Wildman–Crippen MR) is 93.1 cm³/mol. The minimum atomic E-state index is -0.304. The van der Waals surface area contributed by atoms with Gasteiger partial charge in [0.2, 0.25) is 5.91 Å². The first-order valence-corrected chi connectivity index (χ1v) is 7.66. The van der Waals surface area contributed by atoms with Crippen LogP contribution in [0, 0.1) is 20.8 Å². The fourth-order valence-electron chi connectivity index (χ4n) is 2.02. The molecular weight excluding hydrogens is 312 g/mol. The zero-order valence-electron chi connectivity index (χ0n) is 13.4. The summed E-state index contributed by atoms with van der Waals surface area (Å²) in [6, 6.07) is 10.7. The highest BCUT2D eigenvalue weighted by molar-refractivity contribution is 6.31. The van der Waals surface area contributed by atoms with Crippen molar-refractivity contribution in [3.8, 4) is 0 Å². The Labute approximate surface area is 140 Å². The van der Waals surface area contributed by atoms with E-state index in [2.05, 4.69) is 10.6 Å². The minimum Gasteiger partial charge on any atom is -0.343 e. The van der Waals surface area contributed by atoms with Crippen LogP contribution in [0.5, 0.6) is 0 Å². The van der Waals surface area contributed by atoms with Crippen molar-refractivity contribution in [1.82, 2.24) is 5.32 Å². The van der Waals surface area contributed by atoms with Gasteiger partial charge in [-0.05, 0) is 61.7 Å². The fraction of sp³-hybridized carbons (Fsp3) is 0.222. The Balaban J connectivity index is 1.91. The molecule has 0 unspecified atom stereocenters. The van der Waals surface area contributed by atoms with Gasteiger partial charge in [-0.1, -0.05) is 23.7 Å². The lowest BCUT2D eigenvalue weighted by Gasteiger charge is -2.09. The van der Waals surface area contributed by atoms with Gasteiger partial charge in [-0.25, -0.2) is 0 Å². The van der Waals surface area contributed by atoms with Crippen LogP contribution in [0.15, 0.2) is 36.4 Å². The Morgan fingerprint density at radius 1 is 0.957 bits per heavy atom. The molecule has 5 heteroatoms. The van der Waals surface area contributed by atoms with Gasteiger partial charge in [0.1, 0.15) is 0 Å². The zero-order chi connectivity index (χ0) is 17.0. The number of nitrogens with one attached hydrogen (secondary N) is 2. The molecule has 0 atom stereocenters. The molecule has 2 amide bonds. The van der Waals surface area contributed by atoms with Crippen LogP contribution in [0.4, 0.5) is 5.69 Å². The molecule has 0 bridgehead atoms. The van der Waals surface area contributed by atoms with Gasteiger partial charge in [-0.2, -0.15) is 0 Å². The number of aryl methyl sites for hydroxylation is 3. The van der Waals surface area contributed by atoms with E-state index in [4.69, 9.17) is 11.6 Å². The van der Waals surface area contributed by atoms with Gasteiger partial charge in [0.15, 0.2) is 0 Å². The van der Waals surface area contributed by atoms with Gasteiger partial charge < -0.3 is 10.6 Å². The van der Waals surface area contributed by atoms with Crippen LogP contribution >= 0.6 is 11.6 Å². The largest absolute Gasteiger partial charge is 0.343 e. The SMILES string of the molecule is Cc1ccc(C(=O)NCC(=O)Nc2ccc(C)c(Cl)c2)cc1C. The molecule has 0 aromatic heterocycles. The molecule has 0 aliphatic carbocycles. The Morgan fingerprint density at radius 3 is 2.30 bits per heavy atom. The van der Waals surface area contributed by atoms with E-state index in [0.717, 1.165) is 16.7 Å². The van der Waals surface area contributed by atoms with Gasteiger partial charge in [0.25, 0.3) is 5.91 Å². The molecule has 2 aromatic carbocycles. The third-order valence-corrected chi connectivity index (χ3v) is 4.04. The number of hydrogen-bond donors (Lipinski definition) is 2. The van der Waals surface area contributed by atoms with Crippen molar-refractivity contribution >= 4 is 29.1 Å². The number of anilines is 1. The quantitative estimate of drug-likeness (QED) is 0.899. The number of carbonyl (C=O) groups excluding carboxylic acids is 2. The molecule has 0 fully saturated rings. The van der Waals surface area contributed by atoms with Crippen molar-refractivity contribution in [2.45, 2.75) is 20.8 Å². The molecule has 2 N–H and O–H groups in total. The van der Waals surface area contributed by atoms with Gasteiger partial charge >= 0.3 is 0 Å². The summed E-state index contributed by atoms with van der Waals surface area (Å²) in [6.45, 7) is 5.71. The molecule has 4 nitrogen and oxygen atoms in total. The number of rotatable bonds is 4. The third-order valence-electron chi connectivity index (χ3n) is 3.63. The molecule has 23 heavy (non-hydrogen) atoms.